The van der Waals surface area contributed by atoms with Crippen molar-refractivity contribution < 1.29 is 9.90 Å². The van der Waals surface area contributed by atoms with E-state index in [9.17, 15) is 4.79 Å². The summed E-state index contributed by atoms with van der Waals surface area (Å²) in [6.45, 7) is 6.01. The first-order valence-corrected chi connectivity index (χ1v) is 4.96. The second-order valence-electron chi connectivity index (χ2n) is 3.57. The molecule has 0 aromatic carbocycles. The summed E-state index contributed by atoms with van der Waals surface area (Å²) in [4.78, 5) is 10.5. The van der Waals surface area contributed by atoms with Gasteiger partial charge in [0.2, 0.25) is 0 Å². The number of carbonyl (C=O) groups is 1. The molecule has 2 heteroatoms. The lowest BCUT2D eigenvalue weighted by Crippen LogP contribution is -2.08. The molecule has 0 spiro atoms. The van der Waals surface area contributed by atoms with Crippen molar-refractivity contribution in [3.8, 4) is 0 Å². The van der Waals surface area contributed by atoms with E-state index in [2.05, 4.69) is 19.9 Å². The van der Waals surface area contributed by atoms with Crippen LogP contribution in [0, 0.1) is 5.92 Å². The first kappa shape index (κ1) is 12.2. The molecule has 1 N–H and O–H groups in total. The van der Waals surface area contributed by atoms with Crippen LogP contribution in [0.5, 0.6) is 0 Å². The molecule has 13 heavy (non-hydrogen) atoms. The van der Waals surface area contributed by atoms with Crippen molar-refractivity contribution in [2.75, 3.05) is 0 Å². The van der Waals surface area contributed by atoms with Gasteiger partial charge < -0.3 is 5.11 Å². The van der Waals surface area contributed by atoms with Gasteiger partial charge in [-0.2, -0.15) is 0 Å². The van der Waals surface area contributed by atoms with E-state index in [0.717, 1.165) is 25.7 Å². The average Bonchev–Trinajstić information content (AvgIpc) is 2.11. The van der Waals surface area contributed by atoms with Gasteiger partial charge >= 0.3 is 5.97 Å². The molecule has 0 saturated heterocycles. The minimum absolute atomic E-state index is 0.199. The Morgan fingerprint density at radius 1 is 1.54 bits per heavy atom. The molecule has 0 aliphatic heterocycles. The Labute approximate surface area is 80.7 Å². The number of hydrogen-bond acceptors (Lipinski definition) is 1. The topological polar surface area (TPSA) is 37.3 Å². The number of hydrogen-bond donors (Lipinski definition) is 1. The van der Waals surface area contributed by atoms with Crippen LogP contribution >= 0.6 is 0 Å². The lowest BCUT2D eigenvalue weighted by molar-refractivity contribution is -0.141. The molecule has 0 radical (unpaired) electrons. The Morgan fingerprint density at radius 3 is 2.62 bits per heavy atom. The molecule has 76 valence electrons. The Morgan fingerprint density at radius 2 is 2.15 bits per heavy atom. The second-order valence-corrected chi connectivity index (χ2v) is 3.57. The van der Waals surface area contributed by atoms with Gasteiger partial charge in [0.05, 0.1) is 5.92 Å². The molecule has 0 aliphatic rings. The van der Waals surface area contributed by atoms with E-state index in [0.29, 0.717) is 0 Å². The van der Waals surface area contributed by atoms with Crippen LogP contribution in [0.1, 0.15) is 46.5 Å². The highest BCUT2D eigenvalue weighted by molar-refractivity contribution is 5.69. The monoisotopic (exact) mass is 184 g/mol. The van der Waals surface area contributed by atoms with Gasteiger partial charge in [0.1, 0.15) is 0 Å². The standard InChI is InChI=1S/C11H20O2/c1-4-9(2)7-5-6-8-10(3)11(12)13/h7,10H,4-6,8H2,1-3H3,(H,12,13). The van der Waals surface area contributed by atoms with Crippen LogP contribution in [-0.4, -0.2) is 11.1 Å². The van der Waals surface area contributed by atoms with E-state index in [1.54, 1.807) is 6.92 Å². The van der Waals surface area contributed by atoms with Crippen molar-refractivity contribution in [1.29, 1.82) is 0 Å². The van der Waals surface area contributed by atoms with Crippen molar-refractivity contribution in [1.82, 2.24) is 0 Å². The molecule has 1 unspecified atom stereocenters. The number of unbranched alkanes of at least 4 members (excludes halogenated alkanes) is 1. The Balaban J connectivity index is 3.51. The van der Waals surface area contributed by atoms with E-state index in [1.165, 1.54) is 5.57 Å². The summed E-state index contributed by atoms with van der Waals surface area (Å²) in [5.41, 5.74) is 1.39. The predicted octanol–water partition coefficient (Wildman–Crippen LogP) is 3.23. The van der Waals surface area contributed by atoms with Crippen molar-refractivity contribution >= 4 is 5.97 Å². The highest BCUT2D eigenvalue weighted by Gasteiger charge is 2.08. The van der Waals surface area contributed by atoms with Gasteiger partial charge in [0.25, 0.3) is 0 Å². The molecular weight excluding hydrogens is 164 g/mol. The third kappa shape index (κ3) is 6.38. The van der Waals surface area contributed by atoms with Gasteiger partial charge in [-0.15, -0.1) is 0 Å². The fourth-order valence-electron chi connectivity index (χ4n) is 1.04. The predicted molar refractivity (Wildman–Crippen MR) is 54.7 cm³/mol. The average molecular weight is 184 g/mol. The minimum atomic E-state index is -0.684. The smallest absolute Gasteiger partial charge is 0.306 e. The highest BCUT2D eigenvalue weighted by Crippen LogP contribution is 2.10. The molecule has 0 aliphatic carbocycles. The molecule has 2 nitrogen and oxygen atoms in total. The van der Waals surface area contributed by atoms with Crippen molar-refractivity contribution in [2.24, 2.45) is 5.92 Å². The quantitative estimate of drug-likeness (QED) is 0.508. The molecule has 0 aromatic heterocycles. The van der Waals surface area contributed by atoms with Gasteiger partial charge in [0.15, 0.2) is 0 Å². The number of rotatable bonds is 6. The summed E-state index contributed by atoms with van der Waals surface area (Å²) in [5.74, 6) is -0.883. The first-order chi connectivity index (χ1) is 6.07. The van der Waals surface area contributed by atoms with Crippen LogP contribution in [0.15, 0.2) is 11.6 Å². The highest BCUT2D eigenvalue weighted by atomic mass is 16.4. The molecule has 0 heterocycles. The fourth-order valence-corrected chi connectivity index (χ4v) is 1.04. The summed E-state index contributed by atoms with van der Waals surface area (Å²) < 4.78 is 0. The van der Waals surface area contributed by atoms with Crippen LogP contribution in [-0.2, 0) is 4.79 Å². The molecule has 1 atom stereocenters. The summed E-state index contributed by atoms with van der Waals surface area (Å²) in [5, 5.41) is 8.62. The fraction of sp³-hybridized carbons (Fsp3) is 0.727. The zero-order chi connectivity index (χ0) is 10.3. The molecule has 0 fully saturated rings. The van der Waals surface area contributed by atoms with Gasteiger partial charge in [-0.05, 0) is 32.6 Å². The third-order valence-corrected chi connectivity index (χ3v) is 2.31. The Bertz CT molecular complexity index is 183. The van der Waals surface area contributed by atoms with E-state index >= 15 is 0 Å². The van der Waals surface area contributed by atoms with Crippen LogP contribution in [0.2, 0.25) is 0 Å². The number of aliphatic carboxylic acids is 1. The van der Waals surface area contributed by atoms with Gasteiger partial charge in [-0.25, -0.2) is 0 Å². The van der Waals surface area contributed by atoms with Crippen LogP contribution in [0.4, 0.5) is 0 Å². The SMILES string of the molecule is CCC(C)=CCCCC(C)C(=O)O. The van der Waals surface area contributed by atoms with Crippen molar-refractivity contribution in [3.05, 3.63) is 11.6 Å². The maximum Gasteiger partial charge on any atom is 0.306 e. The molecule has 0 aromatic rings. The molecular formula is C11H20O2. The van der Waals surface area contributed by atoms with Crippen LogP contribution < -0.4 is 0 Å². The molecule has 0 bridgehead atoms. The number of allylic oxidation sites excluding steroid dienone is 2. The summed E-state index contributed by atoms with van der Waals surface area (Å²) in [6, 6.07) is 0. The van der Waals surface area contributed by atoms with Gasteiger partial charge in [0, 0.05) is 0 Å². The van der Waals surface area contributed by atoms with Gasteiger partial charge in [-0.3, -0.25) is 4.79 Å². The van der Waals surface area contributed by atoms with E-state index in [4.69, 9.17) is 5.11 Å². The normalized spacial score (nSPS) is 14.2. The number of carboxylic acid groups (broad SMARTS) is 1. The zero-order valence-corrected chi connectivity index (χ0v) is 8.84. The minimum Gasteiger partial charge on any atom is -0.481 e. The lowest BCUT2D eigenvalue weighted by atomic mass is 10.0. The van der Waals surface area contributed by atoms with E-state index in [1.807, 2.05) is 0 Å². The molecule has 0 rings (SSSR count). The molecule has 0 saturated carbocycles. The largest absolute Gasteiger partial charge is 0.481 e. The number of carboxylic acids is 1. The maximum absolute atomic E-state index is 10.5. The zero-order valence-electron chi connectivity index (χ0n) is 8.84. The first-order valence-electron chi connectivity index (χ1n) is 4.96. The Kier molecular flexibility index (Phi) is 6.29. The van der Waals surface area contributed by atoms with E-state index in [-0.39, 0.29) is 5.92 Å². The lowest BCUT2D eigenvalue weighted by Gasteiger charge is -2.03. The second kappa shape index (κ2) is 6.70. The van der Waals surface area contributed by atoms with Crippen molar-refractivity contribution in [2.45, 2.75) is 46.5 Å². The molecule has 0 amide bonds. The maximum atomic E-state index is 10.5. The van der Waals surface area contributed by atoms with Gasteiger partial charge in [-0.1, -0.05) is 25.5 Å². The third-order valence-electron chi connectivity index (χ3n) is 2.31. The van der Waals surface area contributed by atoms with Crippen LogP contribution in [0.25, 0.3) is 0 Å². The van der Waals surface area contributed by atoms with Crippen LogP contribution in [0.3, 0.4) is 0 Å². The van der Waals surface area contributed by atoms with E-state index < -0.39 is 5.97 Å². The summed E-state index contributed by atoms with van der Waals surface area (Å²) >= 11 is 0. The summed E-state index contributed by atoms with van der Waals surface area (Å²) in [7, 11) is 0. The Hall–Kier alpha value is -0.790. The summed E-state index contributed by atoms with van der Waals surface area (Å²) in [6.07, 6.45) is 6.06. The van der Waals surface area contributed by atoms with Crippen molar-refractivity contribution in [3.63, 3.8) is 0 Å².